The van der Waals surface area contributed by atoms with Gasteiger partial charge >= 0.3 is 0 Å². The molecule has 4 rings (SSSR count). The van der Waals surface area contributed by atoms with Crippen LogP contribution in [0.5, 0.6) is 0 Å². The van der Waals surface area contributed by atoms with E-state index < -0.39 is 0 Å². The zero-order valence-corrected chi connectivity index (χ0v) is 14.7. The monoisotopic (exact) mass is 346 g/mol. The van der Waals surface area contributed by atoms with Gasteiger partial charge in [-0.2, -0.15) is 0 Å². The Morgan fingerprint density at radius 1 is 1.33 bits per heavy atom. The number of fused-ring (bicyclic) bond motifs is 1. The van der Waals surface area contributed by atoms with Gasteiger partial charge in [-0.25, -0.2) is 4.98 Å². The molecule has 1 aromatic carbocycles. The largest absolute Gasteiger partial charge is 0.381 e. The van der Waals surface area contributed by atoms with Crippen LogP contribution in [0.2, 0.25) is 0 Å². The second-order valence-corrected chi connectivity index (χ2v) is 7.96. The van der Waals surface area contributed by atoms with Crippen molar-refractivity contribution in [3.05, 3.63) is 28.8 Å². The number of ether oxygens (including phenoxy) is 2. The minimum absolute atomic E-state index is 0.0170. The number of nitrogens with zero attached hydrogens (tertiary/aromatic N) is 1. The third-order valence-corrected chi connectivity index (χ3v) is 5.94. The molecule has 2 fully saturated rings. The topological polar surface area (TPSA) is 60.5 Å². The maximum atomic E-state index is 12.6. The van der Waals surface area contributed by atoms with Gasteiger partial charge in [-0.05, 0) is 50.8 Å². The van der Waals surface area contributed by atoms with Crippen molar-refractivity contribution in [3.63, 3.8) is 0 Å². The molecule has 2 aliphatic rings. The Balaban J connectivity index is 1.46. The normalized spacial score (nSPS) is 23.5. The Bertz CT molecular complexity index is 746. The Morgan fingerprint density at radius 3 is 3.00 bits per heavy atom. The number of hydrogen-bond donors (Lipinski definition) is 1. The summed E-state index contributed by atoms with van der Waals surface area (Å²) in [6.07, 6.45) is 3.58. The summed E-state index contributed by atoms with van der Waals surface area (Å²) in [5.41, 5.74) is 1.48. The third kappa shape index (κ3) is 3.18. The zero-order chi connectivity index (χ0) is 16.6. The molecule has 5 nitrogen and oxygen atoms in total. The van der Waals surface area contributed by atoms with Crippen molar-refractivity contribution in [2.75, 3.05) is 19.8 Å². The van der Waals surface area contributed by atoms with Gasteiger partial charge in [0.25, 0.3) is 5.91 Å². The smallest absolute Gasteiger partial charge is 0.251 e. The summed E-state index contributed by atoms with van der Waals surface area (Å²) in [5.74, 6) is -0.0170. The van der Waals surface area contributed by atoms with Gasteiger partial charge in [-0.15, -0.1) is 11.3 Å². The van der Waals surface area contributed by atoms with E-state index in [4.69, 9.17) is 9.47 Å². The summed E-state index contributed by atoms with van der Waals surface area (Å²) in [6.45, 7) is 4.19. The van der Waals surface area contributed by atoms with Crippen molar-refractivity contribution in [2.45, 2.75) is 44.2 Å². The van der Waals surface area contributed by atoms with Crippen LogP contribution in [0.1, 0.15) is 41.0 Å². The summed E-state index contributed by atoms with van der Waals surface area (Å²) in [6, 6.07) is 5.92. The summed E-state index contributed by atoms with van der Waals surface area (Å²) in [5, 5.41) is 4.22. The number of amides is 1. The van der Waals surface area contributed by atoms with Crippen LogP contribution in [-0.2, 0) is 9.47 Å². The Morgan fingerprint density at radius 2 is 2.17 bits per heavy atom. The van der Waals surface area contributed by atoms with E-state index in [-0.39, 0.29) is 17.6 Å². The summed E-state index contributed by atoms with van der Waals surface area (Å²) < 4.78 is 12.6. The van der Waals surface area contributed by atoms with E-state index in [0.29, 0.717) is 12.2 Å². The third-order valence-electron chi connectivity index (χ3n) is 4.99. The number of nitrogens with one attached hydrogen (secondary N) is 1. The van der Waals surface area contributed by atoms with Crippen molar-refractivity contribution >= 4 is 27.5 Å². The van der Waals surface area contributed by atoms with Gasteiger partial charge < -0.3 is 14.8 Å². The highest BCUT2D eigenvalue weighted by Gasteiger charge is 2.39. The molecule has 2 saturated heterocycles. The van der Waals surface area contributed by atoms with E-state index in [9.17, 15) is 4.79 Å². The van der Waals surface area contributed by atoms with Gasteiger partial charge in [0, 0.05) is 31.4 Å². The fraction of sp³-hybridized carbons (Fsp3) is 0.556. The molecule has 1 atom stereocenters. The number of hydrogen-bond acceptors (Lipinski definition) is 5. The van der Waals surface area contributed by atoms with Crippen LogP contribution in [0.4, 0.5) is 0 Å². The molecular weight excluding hydrogens is 324 g/mol. The van der Waals surface area contributed by atoms with E-state index in [1.54, 1.807) is 11.3 Å². The van der Waals surface area contributed by atoms with Crippen molar-refractivity contribution in [1.29, 1.82) is 0 Å². The standard InChI is InChI=1S/C18H22N2O3S/c1-12-19-15-10-13(2-3-16(15)24-12)17(21)20-14-4-7-23-18(11-14)5-8-22-9-6-18/h2-3,10,14H,4-9,11H2,1H3,(H,20,21)/t14-/m0/s1. The first-order valence-electron chi connectivity index (χ1n) is 8.53. The lowest BCUT2D eigenvalue weighted by molar-refractivity contribution is -0.139. The lowest BCUT2D eigenvalue weighted by atomic mass is 9.84. The molecule has 1 N–H and O–H groups in total. The van der Waals surface area contributed by atoms with E-state index >= 15 is 0 Å². The highest BCUT2D eigenvalue weighted by atomic mass is 32.1. The van der Waals surface area contributed by atoms with Crippen LogP contribution in [0.25, 0.3) is 10.2 Å². The number of thiazole rings is 1. The van der Waals surface area contributed by atoms with Crippen LogP contribution in [0, 0.1) is 6.92 Å². The first-order chi connectivity index (χ1) is 11.6. The van der Waals surface area contributed by atoms with Crippen molar-refractivity contribution in [1.82, 2.24) is 10.3 Å². The van der Waals surface area contributed by atoms with Gasteiger partial charge in [-0.3, -0.25) is 4.79 Å². The molecule has 128 valence electrons. The maximum Gasteiger partial charge on any atom is 0.251 e. The predicted molar refractivity (Wildman–Crippen MR) is 93.6 cm³/mol. The van der Waals surface area contributed by atoms with Crippen LogP contribution >= 0.6 is 11.3 Å². The van der Waals surface area contributed by atoms with Gasteiger partial charge in [-0.1, -0.05) is 0 Å². The molecule has 0 radical (unpaired) electrons. The highest BCUT2D eigenvalue weighted by molar-refractivity contribution is 7.18. The van der Waals surface area contributed by atoms with Crippen LogP contribution in [-0.4, -0.2) is 42.4 Å². The maximum absolute atomic E-state index is 12.6. The Hall–Kier alpha value is -1.50. The minimum Gasteiger partial charge on any atom is -0.381 e. The lowest BCUT2D eigenvalue weighted by Crippen LogP contribution is -2.51. The zero-order valence-electron chi connectivity index (χ0n) is 13.8. The second-order valence-electron chi connectivity index (χ2n) is 6.72. The van der Waals surface area contributed by atoms with E-state index in [1.165, 1.54) is 0 Å². The number of carbonyl (C=O) groups is 1. The van der Waals surface area contributed by atoms with Crippen LogP contribution < -0.4 is 5.32 Å². The van der Waals surface area contributed by atoms with Gasteiger partial charge in [0.1, 0.15) is 0 Å². The summed E-state index contributed by atoms with van der Waals surface area (Å²) >= 11 is 1.65. The number of benzene rings is 1. The first-order valence-corrected chi connectivity index (χ1v) is 9.35. The van der Waals surface area contributed by atoms with Gasteiger partial charge in [0.2, 0.25) is 0 Å². The molecule has 1 amide bonds. The second kappa shape index (κ2) is 6.43. The van der Waals surface area contributed by atoms with E-state index in [0.717, 1.165) is 54.1 Å². The van der Waals surface area contributed by atoms with Crippen LogP contribution in [0.3, 0.4) is 0 Å². The van der Waals surface area contributed by atoms with Crippen molar-refractivity contribution in [2.24, 2.45) is 0 Å². The van der Waals surface area contributed by atoms with Crippen molar-refractivity contribution in [3.8, 4) is 0 Å². The molecule has 6 heteroatoms. The molecule has 0 aliphatic carbocycles. The molecule has 0 bridgehead atoms. The van der Waals surface area contributed by atoms with E-state index in [1.807, 2.05) is 25.1 Å². The first kappa shape index (κ1) is 16.0. The molecule has 3 heterocycles. The fourth-order valence-electron chi connectivity index (χ4n) is 3.70. The Kier molecular flexibility index (Phi) is 4.28. The molecule has 2 aromatic rings. The van der Waals surface area contributed by atoms with Crippen LogP contribution in [0.15, 0.2) is 18.2 Å². The summed E-state index contributed by atoms with van der Waals surface area (Å²) in [7, 11) is 0. The SMILES string of the molecule is Cc1nc2cc(C(=O)N[C@H]3CCOC4(CCOCC4)C3)ccc2s1. The molecule has 0 unspecified atom stereocenters. The van der Waals surface area contributed by atoms with Gasteiger partial charge in [0.05, 0.1) is 20.8 Å². The molecule has 24 heavy (non-hydrogen) atoms. The van der Waals surface area contributed by atoms with Crippen molar-refractivity contribution < 1.29 is 14.3 Å². The average Bonchev–Trinajstić information content (AvgIpc) is 2.94. The number of aromatic nitrogens is 1. The molecular formula is C18H22N2O3S. The molecule has 1 aromatic heterocycles. The summed E-state index contributed by atoms with van der Waals surface area (Å²) in [4.78, 5) is 17.1. The lowest BCUT2D eigenvalue weighted by Gasteiger charge is -2.43. The highest BCUT2D eigenvalue weighted by Crippen LogP contribution is 2.34. The number of aryl methyl sites for hydroxylation is 1. The average molecular weight is 346 g/mol. The quantitative estimate of drug-likeness (QED) is 0.908. The Labute approximate surface area is 145 Å². The van der Waals surface area contributed by atoms with Gasteiger partial charge in [0.15, 0.2) is 0 Å². The molecule has 2 aliphatic heterocycles. The molecule has 1 spiro atoms. The fourth-order valence-corrected chi connectivity index (χ4v) is 4.50. The predicted octanol–water partition coefficient (Wildman–Crippen LogP) is 3.06. The number of rotatable bonds is 2. The van der Waals surface area contributed by atoms with E-state index in [2.05, 4.69) is 10.3 Å². The minimum atomic E-state index is -0.107. The molecule has 0 saturated carbocycles. The number of carbonyl (C=O) groups excluding carboxylic acids is 1.